The highest BCUT2D eigenvalue weighted by atomic mass is 35.5. The lowest BCUT2D eigenvalue weighted by Crippen LogP contribution is -2.24. The molecule has 2 nitrogen and oxygen atoms in total. The molecule has 2 aromatic carbocycles. The van der Waals surface area contributed by atoms with Crippen molar-refractivity contribution in [3.05, 3.63) is 59.4 Å². The summed E-state index contributed by atoms with van der Waals surface area (Å²) < 4.78 is 20.6. The standard InChI is InChI=1S/C17H17ClFNO/c1-20(18)11-17-16-4-2-3-14(15(16)9-10-21-17)12-5-7-13(19)8-6-12/h2-8,17H,9-11H2,1H3/t17-/m0/s1. The minimum Gasteiger partial charge on any atom is -0.372 e. The van der Waals surface area contributed by atoms with Gasteiger partial charge in [-0.25, -0.2) is 8.81 Å². The van der Waals surface area contributed by atoms with Crippen LogP contribution in [0.5, 0.6) is 0 Å². The summed E-state index contributed by atoms with van der Waals surface area (Å²) in [5, 5.41) is 0. The molecule has 0 fully saturated rings. The SMILES string of the molecule is CN(Cl)C[C@@H]1OCCc2c(-c3ccc(F)cc3)cccc21. The van der Waals surface area contributed by atoms with E-state index in [0.29, 0.717) is 13.2 Å². The second-order valence-electron chi connectivity index (χ2n) is 5.28. The summed E-state index contributed by atoms with van der Waals surface area (Å²) in [4.78, 5) is 0. The van der Waals surface area contributed by atoms with E-state index < -0.39 is 0 Å². The molecular formula is C17H17ClFNO. The molecule has 0 amide bonds. The molecule has 0 radical (unpaired) electrons. The van der Waals surface area contributed by atoms with Crippen molar-refractivity contribution >= 4 is 11.8 Å². The van der Waals surface area contributed by atoms with E-state index in [2.05, 4.69) is 12.1 Å². The molecule has 1 aliphatic rings. The molecule has 0 spiro atoms. The predicted octanol–water partition coefficient (Wildman–Crippen LogP) is 4.19. The lowest BCUT2D eigenvalue weighted by atomic mass is 9.89. The number of nitrogens with zero attached hydrogens (tertiary/aromatic N) is 1. The Morgan fingerprint density at radius 2 is 2.00 bits per heavy atom. The van der Waals surface area contributed by atoms with Crippen LogP contribution in [-0.4, -0.2) is 24.6 Å². The van der Waals surface area contributed by atoms with Gasteiger partial charge >= 0.3 is 0 Å². The van der Waals surface area contributed by atoms with Gasteiger partial charge in [-0.2, -0.15) is 0 Å². The molecule has 0 aliphatic carbocycles. The summed E-state index contributed by atoms with van der Waals surface area (Å²) in [6.45, 7) is 1.32. The van der Waals surface area contributed by atoms with Crippen LogP contribution in [0.3, 0.4) is 0 Å². The fraction of sp³-hybridized carbons (Fsp3) is 0.294. The Bertz CT molecular complexity index is 627. The largest absolute Gasteiger partial charge is 0.372 e. The van der Waals surface area contributed by atoms with Gasteiger partial charge in [0.2, 0.25) is 0 Å². The zero-order valence-corrected chi connectivity index (χ0v) is 12.6. The minimum atomic E-state index is -0.214. The molecule has 21 heavy (non-hydrogen) atoms. The molecule has 4 heteroatoms. The predicted molar refractivity (Wildman–Crippen MR) is 82.7 cm³/mol. The van der Waals surface area contributed by atoms with Crippen molar-refractivity contribution in [2.24, 2.45) is 0 Å². The first-order chi connectivity index (χ1) is 10.1. The third-order valence-electron chi connectivity index (χ3n) is 3.80. The van der Waals surface area contributed by atoms with Crippen LogP contribution < -0.4 is 0 Å². The topological polar surface area (TPSA) is 12.5 Å². The fourth-order valence-corrected chi connectivity index (χ4v) is 2.98. The molecule has 0 unspecified atom stereocenters. The summed E-state index contributed by atoms with van der Waals surface area (Å²) in [7, 11) is 1.82. The summed E-state index contributed by atoms with van der Waals surface area (Å²) in [6, 6.07) is 12.8. The van der Waals surface area contributed by atoms with Gasteiger partial charge in [-0.3, -0.25) is 0 Å². The van der Waals surface area contributed by atoms with Crippen molar-refractivity contribution in [3.63, 3.8) is 0 Å². The highest BCUT2D eigenvalue weighted by molar-refractivity contribution is 6.13. The number of benzene rings is 2. The number of ether oxygens (including phenoxy) is 1. The Labute approximate surface area is 129 Å². The lowest BCUT2D eigenvalue weighted by Gasteiger charge is -2.29. The van der Waals surface area contributed by atoms with E-state index in [4.69, 9.17) is 16.5 Å². The Morgan fingerprint density at radius 3 is 2.71 bits per heavy atom. The number of likely N-dealkylation sites (N-methyl/N-ethyl adjacent to an activating group) is 1. The van der Waals surface area contributed by atoms with Gasteiger partial charge in [0.25, 0.3) is 0 Å². The van der Waals surface area contributed by atoms with Crippen molar-refractivity contribution in [3.8, 4) is 11.1 Å². The maximum absolute atomic E-state index is 13.1. The molecule has 0 saturated carbocycles. The van der Waals surface area contributed by atoms with Gasteiger partial charge in [-0.15, -0.1) is 0 Å². The van der Waals surface area contributed by atoms with Crippen LogP contribution in [0.15, 0.2) is 42.5 Å². The van der Waals surface area contributed by atoms with Crippen LogP contribution in [0.1, 0.15) is 17.2 Å². The van der Waals surface area contributed by atoms with Gasteiger partial charge in [-0.1, -0.05) is 30.3 Å². The van der Waals surface area contributed by atoms with Crippen LogP contribution in [0.25, 0.3) is 11.1 Å². The van der Waals surface area contributed by atoms with E-state index in [0.717, 1.165) is 17.5 Å². The zero-order valence-electron chi connectivity index (χ0n) is 11.9. The molecule has 1 heterocycles. The first-order valence-corrected chi connectivity index (χ1v) is 7.35. The van der Waals surface area contributed by atoms with Crippen molar-refractivity contribution in [1.82, 2.24) is 4.42 Å². The second-order valence-corrected chi connectivity index (χ2v) is 5.85. The number of rotatable bonds is 3. The first-order valence-electron chi connectivity index (χ1n) is 7.01. The van der Waals surface area contributed by atoms with E-state index in [1.807, 2.05) is 25.2 Å². The van der Waals surface area contributed by atoms with Crippen molar-refractivity contribution in [1.29, 1.82) is 0 Å². The van der Waals surface area contributed by atoms with Crippen LogP contribution in [0.4, 0.5) is 4.39 Å². The third-order valence-corrected chi connectivity index (χ3v) is 3.94. The van der Waals surface area contributed by atoms with Crippen molar-refractivity contribution < 1.29 is 9.13 Å². The molecule has 0 bridgehead atoms. The van der Waals surface area contributed by atoms with Crippen molar-refractivity contribution in [2.45, 2.75) is 12.5 Å². The molecule has 110 valence electrons. The van der Waals surface area contributed by atoms with Gasteiger partial charge in [0.15, 0.2) is 0 Å². The number of hydrogen-bond acceptors (Lipinski definition) is 2. The van der Waals surface area contributed by atoms with Crippen LogP contribution in [-0.2, 0) is 11.2 Å². The lowest BCUT2D eigenvalue weighted by molar-refractivity contribution is 0.0334. The minimum absolute atomic E-state index is 0.0170. The summed E-state index contributed by atoms with van der Waals surface area (Å²) in [5.74, 6) is -0.214. The second kappa shape index (κ2) is 6.14. The average molecular weight is 306 g/mol. The van der Waals surface area contributed by atoms with Crippen LogP contribution in [0, 0.1) is 5.82 Å². The van der Waals surface area contributed by atoms with Crippen LogP contribution in [0.2, 0.25) is 0 Å². The maximum atomic E-state index is 13.1. The Morgan fingerprint density at radius 1 is 1.24 bits per heavy atom. The molecule has 3 rings (SSSR count). The van der Waals surface area contributed by atoms with E-state index in [1.165, 1.54) is 23.3 Å². The quantitative estimate of drug-likeness (QED) is 0.788. The van der Waals surface area contributed by atoms with Gasteiger partial charge in [0, 0.05) is 13.6 Å². The summed E-state index contributed by atoms with van der Waals surface area (Å²) in [5.41, 5.74) is 4.64. The highest BCUT2D eigenvalue weighted by Gasteiger charge is 2.24. The van der Waals surface area contributed by atoms with E-state index in [-0.39, 0.29) is 11.9 Å². The smallest absolute Gasteiger partial charge is 0.123 e. The van der Waals surface area contributed by atoms with E-state index in [9.17, 15) is 4.39 Å². The third kappa shape index (κ3) is 3.10. The molecule has 0 aromatic heterocycles. The number of hydrogen-bond donors (Lipinski definition) is 0. The van der Waals surface area contributed by atoms with Gasteiger partial charge < -0.3 is 4.74 Å². The molecule has 0 N–H and O–H groups in total. The van der Waals surface area contributed by atoms with E-state index in [1.54, 1.807) is 4.42 Å². The maximum Gasteiger partial charge on any atom is 0.123 e. The monoisotopic (exact) mass is 305 g/mol. The average Bonchev–Trinajstić information content (AvgIpc) is 2.47. The highest BCUT2D eigenvalue weighted by Crippen LogP contribution is 2.35. The summed E-state index contributed by atoms with van der Waals surface area (Å²) >= 11 is 5.96. The number of halogens is 2. The van der Waals surface area contributed by atoms with Gasteiger partial charge in [0.1, 0.15) is 5.82 Å². The Hall–Kier alpha value is -1.42. The Kier molecular flexibility index (Phi) is 4.24. The first kappa shape index (κ1) is 14.5. The summed E-state index contributed by atoms with van der Waals surface area (Å²) in [6.07, 6.45) is 0.849. The van der Waals surface area contributed by atoms with Gasteiger partial charge in [-0.05, 0) is 52.6 Å². The molecule has 2 aromatic rings. The molecule has 1 atom stereocenters. The molecule has 1 aliphatic heterocycles. The van der Waals surface area contributed by atoms with E-state index >= 15 is 0 Å². The molecule has 0 saturated heterocycles. The van der Waals surface area contributed by atoms with Gasteiger partial charge in [0.05, 0.1) is 12.7 Å². The fourth-order valence-electron chi connectivity index (χ4n) is 2.86. The Balaban J connectivity index is 2.02. The molecular weight excluding hydrogens is 289 g/mol. The van der Waals surface area contributed by atoms with Crippen molar-refractivity contribution in [2.75, 3.05) is 20.2 Å². The number of fused-ring (bicyclic) bond motifs is 1. The van der Waals surface area contributed by atoms with Crippen LogP contribution >= 0.6 is 11.8 Å². The normalized spacial score (nSPS) is 17.8. The zero-order chi connectivity index (χ0) is 14.8.